The number of imidazole rings is 1. The smallest absolute Gasteiger partial charge is 0.410 e. The highest BCUT2D eigenvalue weighted by molar-refractivity contribution is 5.69. The second kappa shape index (κ2) is 13.1. The zero-order valence-corrected chi connectivity index (χ0v) is 24.2. The third kappa shape index (κ3) is 9.71. The van der Waals surface area contributed by atoms with Crippen molar-refractivity contribution in [3.8, 4) is 11.3 Å². The Morgan fingerprint density at radius 3 is 1.79 bits per heavy atom. The molecule has 214 valence electrons. The number of rotatable bonds is 3. The van der Waals surface area contributed by atoms with Crippen molar-refractivity contribution < 1.29 is 23.9 Å². The predicted molar refractivity (Wildman–Crippen MR) is 150 cm³/mol. The van der Waals surface area contributed by atoms with Crippen molar-refractivity contribution in [1.29, 1.82) is 0 Å². The number of carbonyl (C=O) groups is 3. The molecule has 0 bridgehead atoms. The molecule has 9 heteroatoms. The van der Waals surface area contributed by atoms with E-state index in [2.05, 4.69) is 22.1 Å². The number of hydrogen-bond donors (Lipinski definition) is 1. The Morgan fingerprint density at radius 2 is 1.33 bits per heavy atom. The number of nitrogens with one attached hydrogen (secondary N) is 1. The van der Waals surface area contributed by atoms with Crippen LogP contribution in [0.3, 0.4) is 0 Å². The van der Waals surface area contributed by atoms with Gasteiger partial charge in [-0.05, 0) is 72.8 Å². The minimum atomic E-state index is -0.446. The molecule has 2 aliphatic rings. The quantitative estimate of drug-likeness (QED) is 0.477. The number of H-pyrrole nitrogens is 1. The highest BCUT2D eigenvalue weighted by Crippen LogP contribution is 2.28. The van der Waals surface area contributed by atoms with E-state index in [1.165, 1.54) is 0 Å². The Morgan fingerprint density at radius 1 is 0.846 bits per heavy atom. The van der Waals surface area contributed by atoms with Crippen LogP contribution in [0.5, 0.6) is 0 Å². The molecule has 39 heavy (non-hydrogen) atoms. The van der Waals surface area contributed by atoms with Gasteiger partial charge in [-0.25, -0.2) is 14.6 Å². The first kappa shape index (κ1) is 30.2. The van der Waals surface area contributed by atoms with E-state index in [0.29, 0.717) is 32.1 Å². The number of aromatic nitrogens is 2. The van der Waals surface area contributed by atoms with Crippen LogP contribution in [0.4, 0.5) is 9.59 Å². The maximum Gasteiger partial charge on any atom is 0.410 e. The van der Waals surface area contributed by atoms with E-state index < -0.39 is 11.2 Å². The topological polar surface area (TPSA) is 105 Å². The lowest BCUT2D eigenvalue weighted by Crippen LogP contribution is -2.41. The van der Waals surface area contributed by atoms with Crippen LogP contribution in [0.2, 0.25) is 0 Å². The Hall–Kier alpha value is -3.36. The maximum atomic E-state index is 12.1. The Balaban J connectivity index is 0.000000242. The van der Waals surface area contributed by atoms with E-state index in [1.54, 1.807) is 9.80 Å². The molecule has 2 amide bonds. The second-order valence-electron chi connectivity index (χ2n) is 12.2. The van der Waals surface area contributed by atoms with Crippen LogP contribution >= 0.6 is 0 Å². The highest BCUT2D eigenvalue weighted by Gasteiger charge is 2.29. The summed E-state index contributed by atoms with van der Waals surface area (Å²) < 4.78 is 10.7. The van der Waals surface area contributed by atoms with Gasteiger partial charge >= 0.3 is 12.2 Å². The minimum absolute atomic E-state index is 0.115. The summed E-state index contributed by atoms with van der Waals surface area (Å²) in [7, 11) is 0. The molecule has 2 aliphatic heterocycles. The van der Waals surface area contributed by atoms with Gasteiger partial charge in [0.15, 0.2) is 0 Å². The van der Waals surface area contributed by atoms with Crippen LogP contribution in [0.15, 0.2) is 36.5 Å². The molecule has 3 heterocycles. The minimum Gasteiger partial charge on any atom is -0.444 e. The van der Waals surface area contributed by atoms with Gasteiger partial charge in [0.25, 0.3) is 0 Å². The fraction of sp³-hybridized carbons (Fsp3) is 0.600. The van der Waals surface area contributed by atoms with Gasteiger partial charge in [0.2, 0.25) is 0 Å². The van der Waals surface area contributed by atoms with Crippen LogP contribution in [0.25, 0.3) is 11.3 Å². The monoisotopic (exact) mass is 540 g/mol. The van der Waals surface area contributed by atoms with E-state index in [0.717, 1.165) is 49.1 Å². The maximum absolute atomic E-state index is 12.1. The summed E-state index contributed by atoms with van der Waals surface area (Å²) in [5, 5.41) is 0. The van der Waals surface area contributed by atoms with Crippen LogP contribution in [0, 0.1) is 5.92 Å². The lowest BCUT2D eigenvalue weighted by atomic mass is 9.96. The number of ether oxygens (including phenoxy) is 2. The van der Waals surface area contributed by atoms with E-state index in [1.807, 2.05) is 65.9 Å². The van der Waals surface area contributed by atoms with Crippen molar-refractivity contribution in [2.75, 3.05) is 26.2 Å². The SMILES string of the molecule is CC(C)(C)OC(=O)N1CCC(C=O)CC1.CC(C)(C)OC(=O)N1CCC(c2ncc(-c3ccccc3)[nH]2)CC1. The van der Waals surface area contributed by atoms with Crippen molar-refractivity contribution in [3.63, 3.8) is 0 Å². The summed E-state index contributed by atoms with van der Waals surface area (Å²) in [4.78, 5) is 45.7. The van der Waals surface area contributed by atoms with Gasteiger partial charge in [-0.2, -0.15) is 0 Å². The zero-order chi connectivity index (χ0) is 28.6. The van der Waals surface area contributed by atoms with Crippen molar-refractivity contribution in [2.24, 2.45) is 5.92 Å². The number of carbonyl (C=O) groups excluding carboxylic acids is 3. The van der Waals surface area contributed by atoms with Gasteiger partial charge in [0.1, 0.15) is 23.3 Å². The molecule has 2 fully saturated rings. The first-order valence-corrected chi connectivity index (χ1v) is 13.9. The lowest BCUT2D eigenvalue weighted by Gasteiger charge is -2.32. The number of hydrogen-bond acceptors (Lipinski definition) is 6. The molecular weight excluding hydrogens is 496 g/mol. The number of likely N-dealkylation sites (tertiary alicyclic amines) is 2. The predicted octanol–water partition coefficient (Wildman–Crippen LogP) is 6.02. The van der Waals surface area contributed by atoms with Crippen molar-refractivity contribution in [3.05, 3.63) is 42.4 Å². The number of aldehydes is 1. The molecule has 0 unspecified atom stereocenters. The van der Waals surface area contributed by atoms with Crippen molar-refractivity contribution in [2.45, 2.75) is 84.3 Å². The molecule has 9 nitrogen and oxygen atoms in total. The first-order valence-electron chi connectivity index (χ1n) is 13.9. The first-order chi connectivity index (χ1) is 18.3. The summed E-state index contributed by atoms with van der Waals surface area (Å²) in [6.45, 7) is 13.9. The highest BCUT2D eigenvalue weighted by atomic mass is 16.6. The van der Waals surface area contributed by atoms with Gasteiger partial charge in [-0.15, -0.1) is 0 Å². The molecule has 2 saturated heterocycles. The van der Waals surface area contributed by atoms with Gasteiger partial charge < -0.3 is 29.1 Å². The fourth-order valence-corrected chi connectivity index (χ4v) is 4.52. The van der Waals surface area contributed by atoms with Crippen LogP contribution in [0.1, 0.15) is 79.0 Å². The number of amides is 2. The summed E-state index contributed by atoms with van der Waals surface area (Å²) >= 11 is 0. The fourth-order valence-electron chi connectivity index (χ4n) is 4.52. The molecule has 1 aromatic carbocycles. The average Bonchev–Trinajstić information content (AvgIpc) is 3.38. The Bertz CT molecular complexity index is 1070. The lowest BCUT2D eigenvalue weighted by molar-refractivity contribution is -0.112. The second-order valence-corrected chi connectivity index (χ2v) is 12.2. The molecule has 0 saturated carbocycles. The van der Waals surface area contributed by atoms with Crippen molar-refractivity contribution in [1.82, 2.24) is 19.8 Å². The molecule has 0 spiro atoms. The van der Waals surface area contributed by atoms with Crippen LogP contribution in [-0.4, -0.2) is 75.6 Å². The number of aromatic amines is 1. The summed E-state index contributed by atoms with van der Waals surface area (Å²) in [5.74, 6) is 1.49. The normalized spacial score (nSPS) is 17.2. The van der Waals surface area contributed by atoms with Gasteiger partial charge in [-0.3, -0.25) is 0 Å². The third-order valence-corrected chi connectivity index (χ3v) is 6.60. The largest absolute Gasteiger partial charge is 0.444 e. The number of piperidine rings is 2. The van der Waals surface area contributed by atoms with Gasteiger partial charge in [0, 0.05) is 38.0 Å². The molecule has 2 aromatic rings. The van der Waals surface area contributed by atoms with E-state index in [4.69, 9.17) is 9.47 Å². The standard InChI is InChI=1S/C19H25N3O2.C11H19NO3/c1-19(2,3)24-18(23)22-11-9-15(10-12-22)17-20-13-16(21-17)14-7-5-4-6-8-14;1-11(2,3)15-10(14)12-6-4-9(8-13)5-7-12/h4-8,13,15H,9-12H2,1-3H3,(H,20,21);8-9H,4-7H2,1-3H3. The molecule has 0 aliphatic carbocycles. The third-order valence-electron chi connectivity index (χ3n) is 6.60. The molecule has 4 rings (SSSR count). The van der Waals surface area contributed by atoms with E-state index in [-0.39, 0.29) is 18.1 Å². The van der Waals surface area contributed by atoms with Crippen LogP contribution < -0.4 is 0 Å². The Labute approximate surface area is 232 Å². The molecule has 0 radical (unpaired) electrons. The molecule has 1 N–H and O–H groups in total. The average molecular weight is 541 g/mol. The van der Waals surface area contributed by atoms with E-state index in [9.17, 15) is 14.4 Å². The Kier molecular flexibility index (Phi) is 10.2. The summed E-state index contributed by atoms with van der Waals surface area (Å²) in [6.07, 6.45) is 5.70. The van der Waals surface area contributed by atoms with Crippen LogP contribution in [-0.2, 0) is 14.3 Å². The van der Waals surface area contributed by atoms with Crippen molar-refractivity contribution >= 4 is 18.5 Å². The molecule has 1 aromatic heterocycles. The number of benzene rings is 1. The van der Waals surface area contributed by atoms with Gasteiger partial charge in [-0.1, -0.05) is 30.3 Å². The molecular formula is C30H44N4O5. The summed E-state index contributed by atoms with van der Waals surface area (Å²) in [6, 6.07) is 10.2. The number of nitrogens with zero attached hydrogens (tertiary/aromatic N) is 3. The van der Waals surface area contributed by atoms with E-state index >= 15 is 0 Å². The zero-order valence-electron chi connectivity index (χ0n) is 24.2. The molecule has 0 atom stereocenters. The van der Waals surface area contributed by atoms with Gasteiger partial charge in [0.05, 0.1) is 11.9 Å². The summed E-state index contributed by atoms with van der Waals surface area (Å²) in [5.41, 5.74) is 1.29.